The molecule has 2 atom stereocenters. The summed E-state index contributed by atoms with van der Waals surface area (Å²) in [6.45, 7) is 3.41. The monoisotopic (exact) mass is 324 g/mol. The topological polar surface area (TPSA) is 57.4 Å². The summed E-state index contributed by atoms with van der Waals surface area (Å²) in [7, 11) is 0. The zero-order valence-corrected chi connectivity index (χ0v) is 13.6. The molecule has 2 unspecified atom stereocenters. The maximum Gasteiger partial charge on any atom is 0.267 e. The van der Waals surface area contributed by atoms with E-state index in [1.807, 2.05) is 31.2 Å². The molecule has 0 bridgehead atoms. The van der Waals surface area contributed by atoms with Crippen molar-refractivity contribution in [1.82, 2.24) is 10.1 Å². The summed E-state index contributed by atoms with van der Waals surface area (Å²) in [4.78, 5) is 4.53. The average molecular weight is 324 g/mol. The molecule has 4 rings (SSSR count). The van der Waals surface area contributed by atoms with Crippen molar-refractivity contribution < 1.29 is 14.0 Å². The van der Waals surface area contributed by atoms with Gasteiger partial charge in [0.05, 0.1) is 6.61 Å². The van der Waals surface area contributed by atoms with Crippen molar-refractivity contribution >= 4 is 10.8 Å². The Balaban J connectivity index is 1.53. The Hall–Kier alpha value is -2.40. The molecule has 0 radical (unpaired) electrons. The molecule has 1 aliphatic heterocycles. The molecule has 124 valence electrons. The second kappa shape index (κ2) is 6.61. The van der Waals surface area contributed by atoms with Gasteiger partial charge in [-0.25, -0.2) is 0 Å². The van der Waals surface area contributed by atoms with Crippen LogP contribution in [0.4, 0.5) is 0 Å². The van der Waals surface area contributed by atoms with Crippen LogP contribution in [-0.2, 0) is 4.74 Å². The number of aromatic nitrogens is 2. The van der Waals surface area contributed by atoms with Crippen LogP contribution in [0.1, 0.15) is 43.5 Å². The first-order valence-electron chi connectivity index (χ1n) is 8.37. The van der Waals surface area contributed by atoms with Crippen molar-refractivity contribution in [2.75, 3.05) is 13.2 Å². The second-order valence-corrected chi connectivity index (χ2v) is 6.14. The Morgan fingerprint density at radius 3 is 2.92 bits per heavy atom. The molecule has 0 N–H and O–H groups in total. The van der Waals surface area contributed by atoms with E-state index in [4.69, 9.17) is 14.0 Å². The third kappa shape index (κ3) is 2.99. The molecule has 5 nitrogen and oxygen atoms in total. The minimum absolute atomic E-state index is 0.223. The summed E-state index contributed by atoms with van der Waals surface area (Å²) in [6.07, 6.45) is 1.77. The van der Waals surface area contributed by atoms with Gasteiger partial charge >= 0.3 is 0 Å². The molecule has 1 fully saturated rings. The maximum absolute atomic E-state index is 6.09. The Kier molecular flexibility index (Phi) is 4.17. The fourth-order valence-electron chi connectivity index (χ4n) is 3.06. The van der Waals surface area contributed by atoms with E-state index < -0.39 is 0 Å². The lowest BCUT2D eigenvalue weighted by molar-refractivity contribution is 0.0773. The standard InChI is InChI=1S/C19H20N2O3/c1-13(19-20-18(21-24-19)15-8-5-11-22-12-15)23-17-10-4-7-14-6-2-3-9-16(14)17/h2-4,6-7,9-10,13,15H,5,8,11-12H2,1H3. The number of rotatable bonds is 4. The highest BCUT2D eigenvalue weighted by molar-refractivity contribution is 5.88. The van der Waals surface area contributed by atoms with Crippen molar-refractivity contribution in [3.8, 4) is 5.75 Å². The van der Waals surface area contributed by atoms with Crippen LogP contribution in [0.2, 0.25) is 0 Å². The van der Waals surface area contributed by atoms with E-state index in [0.717, 1.165) is 41.8 Å². The summed E-state index contributed by atoms with van der Waals surface area (Å²) in [5, 5.41) is 6.34. The molecule has 0 spiro atoms. The van der Waals surface area contributed by atoms with Crippen LogP contribution in [0, 0.1) is 0 Å². The van der Waals surface area contributed by atoms with E-state index >= 15 is 0 Å². The van der Waals surface area contributed by atoms with Crippen molar-refractivity contribution in [2.24, 2.45) is 0 Å². The fraction of sp³-hybridized carbons (Fsp3) is 0.368. The number of nitrogens with zero attached hydrogens (tertiary/aromatic N) is 2. The minimum atomic E-state index is -0.304. The number of fused-ring (bicyclic) bond motifs is 1. The van der Waals surface area contributed by atoms with E-state index in [1.165, 1.54) is 0 Å². The molecule has 1 saturated heterocycles. The first kappa shape index (κ1) is 15.1. The lowest BCUT2D eigenvalue weighted by Gasteiger charge is -2.18. The summed E-state index contributed by atoms with van der Waals surface area (Å²) >= 11 is 0. The van der Waals surface area contributed by atoms with Gasteiger partial charge in [-0.05, 0) is 31.2 Å². The zero-order chi connectivity index (χ0) is 16.4. The summed E-state index contributed by atoms with van der Waals surface area (Å²) in [6, 6.07) is 14.2. The molecule has 24 heavy (non-hydrogen) atoms. The number of hydrogen-bond donors (Lipinski definition) is 0. The Morgan fingerprint density at radius 2 is 2.04 bits per heavy atom. The normalized spacial score (nSPS) is 19.3. The van der Waals surface area contributed by atoms with Crippen LogP contribution < -0.4 is 4.74 Å². The molecule has 1 aromatic heterocycles. The van der Waals surface area contributed by atoms with Crippen molar-refractivity contribution in [3.05, 3.63) is 54.2 Å². The molecule has 2 heterocycles. The van der Waals surface area contributed by atoms with E-state index in [-0.39, 0.29) is 12.0 Å². The summed E-state index contributed by atoms with van der Waals surface area (Å²) in [5.74, 6) is 2.27. The summed E-state index contributed by atoms with van der Waals surface area (Å²) < 4.78 is 17.0. The predicted octanol–water partition coefficient (Wildman–Crippen LogP) is 4.26. The van der Waals surface area contributed by atoms with Gasteiger partial charge in [-0.15, -0.1) is 0 Å². The van der Waals surface area contributed by atoms with Gasteiger partial charge in [0.1, 0.15) is 5.75 Å². The van der Waals surface area contributed by atoms with Crippen molar-refractivity contribution in [1.29, 1.82) is 0 Å². The Bertz CT molecular complexity index is 819. The quantitative estimate of drug-likeness (QED) is 0.718. The van der Waals surface area contributed by atoms with Crippen LogP contribution in [-0.4, -0.2) is 23.4 Å². The van der Waals surface area contributed by atoms with Gasteiger partial charge in [0.2, 0.25) is 0 Å². The molecule has 0 aliphatic carbocycles. The van der Waals surface area contributed by atoms with Gasteiger partial charge in [-0.1, -0.05) is 41.6 Å². The molecule has 1 aliphatic rings. The molecule has 2 aromatic carbocycles. The molecular formula is C19H20N2O3. The summed E-state index contributed by atoms with van der Waals surface area (Å²) in [5.41, 5.74) is 0. The van der Waals surface area contributed by atoms with Crippen molar-refractivity contribution in [2.45, 2.75) is 31.8 Å². The van der Waals surface area contributed by atoms with Gasteiger partial charge in [-0.2, -0.15) is 4.98 Å². The number of hydrogen-bond acceptors (Lipinski definition) is 5. The van der Waals surface area contributed by atoms with Crippen LogP contribution in [0.15, 0.2) is 47.0 Å². The van der Waals surface area contributed by atoms with E-state index in [2.05, 4.69) is 28.3 Å². The number of benzene rings is 2. The van der Waals surface area contributed by atoms with Crippen LogP contribution in [0.3, 0.4) is 0 Å². The van der Waals surface area contributed by atoms with Gasteiger partial charge in [-0.3, -0.25) is 0 Å². The number of ether oxygens (including phenoxy) is 2. The highest BCUT2D eigenvalue weighted by Crippen LogP contribution is 2.30. The zero-order valence-electron chi connectivity index (χ0n) is 13.6. The van der Waals surface area contributed by atoms with E-state index in [0.29, 0.717) is 12.5 Å². The largest absolute Gasteiger partial charge is 0.480 e. The highest BCUT2D eigenvalue weighted by atomic mass is 16.5. The molecule has 5 heteroatoms. The fourth-order valence-corrected chi connectivity index (χ4v) is 3.06. The molecule has 3 aromatic rings. The Labute approximate surface area is 140 Å². The maximum atomic E-state index is 6.09. The van der Waals surface area contributed by atoms with Crippen LogP contribution >= 0.6 is 0 Å². The lowest BCUT2D eigenvalue weighted by atomic mass is 10.0. The van der Waals surface area contributed by atoms with E-state index in [1.54, 1.807) is 0 Å². The highest BCUT2D eigenvalue weighted by Gasteiger charge is 2.24. The van der Waals surface area contributed by atoms with Gasteiger partial charge < -0.3 is 14.0 Å². The van der Waals surface area contributed by atoms with Gasteiger partial charge in [0.25, 0.3) is 5.89 Å². The first-order valence-corrected chi connectivity index (χ1v) is 8.37. The third-order valence-electron chi connectivity index (χ3n) is 4.38. The smallest absolute Gasteiger partial charge is 0.267 e. The molecular weight excluding hydrogens is 304 g/mol. The first-order chi connectivity index (χ1) is 11.8. The molecule has 0 amide bonds. The average Bonchev–Trinajstić information content (AvgIpc) is 3.13. The van der Waals surface area contributed by atoms with Crippen molar-refractivity contribution in [3.63, 3.8) is 0 Å². The SMILES string of the molecule is CC(Oc1cccc2ccccc12)c1nc(C2CCCOC2)no1. The predicted molar refractivity (Wildman–Crippen MR) is 90.1 cm³/mol. The van der Waals surface area contributed by atoms with Crippen LogP contribution in [0.25, 0.3) is 10.8 Å². The van der Waals surface area contributed by atoms with Crippen LogP contribution in [0.5, 0.6) is 5.75 Å². The van der Waals surface area contributed by atoms with Gasteiger partial charge in [0, 0.05) is 17.9 Å². The third-order valence-corrected chi connectivity index (χ3v) is 4.38. The minimum Gasteiger partial charge on any atom is -0.480 e. The Morgan fingerprint density at radius 1 is 1.17 bits per heavy atom. The van der Waals surface area contributed by atoms with E-state index in [9.17, 15) is 0 Å². The molecule has 0 saturated carbocycles. The lowest BCUT2D eigenvalue weighted by Crippen LogP contribution is -2.16. The van der Waals surface area contributed by atoms with Gasteiger partial charge in [0.15, 0.2) is 11.9 Å². The second-order valence-electron chi connectivity index (χ2n) is 6.14.